The molecule has 3 aliphatic rings. The molecule has 1 atom stereocenters. The fourth-order valence-corrected chi connectivity index (χ4v) is 5.22. The normalized spacial score (nSPS) is 22.8. The Kier molecular flexibility index (Phi) is 5.46. The molecule has 2 N–H and O–H groups in total. The summed E-state index contributed by atoms with van der Waals surface area (Å²) in [6, 6.07) is 8.12. The highest BCUT2D eigenvalue weighted by Crippen LogP contribution is 2.39. The Morgan fingerprint density at radius 3 is 2.64 bits per heavy atom. The van der Waals surface area contributed by atoms with E-state index in [9.17, 15) is 14.4 Å². The van der Waals surface area contributed by atoms with Gasteiger partial charge in [0, 0.05) is 18.6 Å². The van der Waals surface area contributed by atoms with Crippen LogP contribution in [0.3, 0.4) is 0 Å². The maximum absolute atomic E-state index is 13.7. The second-order valence-corrected chi connectivity index (χ2v) is 9.88. The van der Waals surface area contributed by atoms with Gasteiger partial charge in [0.05, 0.1) is 12.9 Å². The molecule has 0 radical (unpaired) electrons. The maximum atomic E-state index is 13.7. The average molecular weight is 450 g/mol. The molecule has 3 amide bonds. The Balaban J connectivity index is 1.38. The molecule has 2 aromatic rings. The molecule has 2 heterocycles. The first-order valence-corrected chi connectivity index (χ1v) is 11.9. The van der Waals surface area contributed by atoms with Gasteiger partial charge < -0.3 is 20.1 Å². The number of hydrogen-bond donors (Lipinski definition) is 2. The zero-order valence-corrected chi connectivity index (χ0v) is 19.3. The standard InChI is InChI=1S/C25H31N5O3/c1-16-6-5-7-17(12-16)13-26-22(31)20-21-23(32)30(19-10-11-19)25(2,14-29(21)15-27-20)24(33)28-18-8-3-4-9-18/h5-7,12,15,18-19H,3-4,8-11,13-14H2,1-2H3,(H,26,31)(H,28,33)/t25-/m0/s1. The highest BCUT2D eigenvalue weighted by molar-refractivity contribution is 6.07. The van der Waals surface area contributed by atoms with Crippen LogP contribution in [0.15, 0.2) is 30.6 Å². The number of aromatic nitrogens is 2. The van der Waals surface area contributed by atoms with Crippen LogP contribution >= 0.6 is 0 Å². The largest absolute Gasteiger partial charge is 0.351 e. The summed E-state index contributed by atoms with van der Waals surface area (Å²) in [6.45, 7) is 4.49. The summed E-state index contributed by atoms with van der Waals surface area (Å²) in [7, 11) is 0. The molecule has 2 saturated carbocycles. The number of nitrogens with zero attached hydrogens (tertiary/aromatic N) is 3. The van der Waals surface area contributed by atoms with E-state index in [1.807, 2.05) is 38.1 Å². The lowest BCUT2D eigenvalue weighted by Crippen LogP contribution is -2.65. The summed E-state index contributed by atoms with van der Waals surface area (Å²) >= 11 is 0. The number of hydrogen-bond acceptors (Lipinski definition) is 4. The number of aryl methyl sites for hydroxylation is 1. The molecule has 1 aromatic carbocycles. The van der Waals surface area contributed by atoms with E-state index in [2.05, 4.69) is 15.6 Å². The summed E-state index contributed by atoms with van der Waals surface area (Å²) in [4.78, 5) is 46.0. The van der Waals surface area contributed by atoms with Crippen LogP contribution in [-0.2, 0) is 17.9 Å². The molecule has 8 heteroatoms. The van der Waals surface area contributed by atoms with Gasteiger partial charge in [0.25, 0.3) is 11.8 Å². The van der Waals surface area contributed by atoms with Crippen molar-refractivity contribution in [1.82, 2.24) is 25.1 Å². The molecule has 0 saturated heterocycles. The van der Waals surface area contributed by atoms with E-state index in [0.717, 1.165) is 49.7 Å². The number of carbonyl (C=O) groups excluding carboxylic acids is 3. The number of nitrogens with one attached hydrogen (secondary N) is 2. The fourth-order valence-electron chi connectivity index (χ4n) is 5.22. The van der Waals surface area contributed by atoms with Crippen molar-refractivity contribution in [2.24, 2.45) is 0 Å². The molecule has 0 unspecified atom stereocenters. The number of rotatable bonds is 6. The topological polar surface area (TPSA) is 96.3 Å². The molecule has 5 rings (SSSR count). The zero-order valence-electron chi connectivity index (χ0n) is 19.3. The van der Waals surface area contributed by atoms with E-state index >= 15 is 0 Å². The van der Waals surface area contributed by atoms with Crippen LogP contribution in [0.25, 0.3) is 0 Å². The minimum atomic E-state index is -0.996. The van der Waals surface area contributed by atoms with Crippen molar-refractivity contribution >= 4 is 17.7 Å². The number of benzene rings is 1. The Morgan fingerprint density at radius 2 is 1.94 bits per heavy atom. The number of carbonyl (C=O) groups is 3. The van der Waals surface area contributed by atoms with Gasteiger partial charge in [-0.25, -0.2) is 4.98 Å². The molecule has 33 heavy (non-hydrogen) atoms. The predicted molar refractivity (Wildman–Crippen MR) is 123 cm³/mol. The van der Waals surface area contributed by atoms with Gasteiger partial charge >= 0.3 is 0 Å². The summed E-state index contributed by atoms with van der Waals surface area (Å²) in [5, 5.41) is 6.07. The first kappa shape index (κ1) is 21.7. The second-order valence-electron chi connectivity index (χ2n) is 9.88. The maximum Gasteiger partial charge on any atom is 0.274 e. The minimum absolute atomic E-state index is 0.0312. The minimum Gasteiger partial charge on any atom is -0.351 e. The first-order valence-electron chi connectivity index (χ1n) is 11.9. The van der Waals surface area contributed by atoms with Gasteiger partial charge in [0.15, 0.2) is 5.69 Å². The third-order valence-electron chi connectivity index (χ3n) is 7.11. The smallest absolute Gasteiger partial charge is 0.274 e. The van der Waals surface area contributed by atoms with Crippen molar-refractivity contribution in [1.29, 1.82) is 0 Å². The average Bonchev–Trinajstić information content (AvgIpc) is 3.29. The molecule has 174 valence electrons. The SMILES string of the molecule is Cc1cccc(CNC(=O)c2ncn3c2C(=O)N(C2CC2)[C@](C)(C(=O)NC2CCCC2)C3)c1. The number of fused-ring (bicyclic) bond motifs is 1. The van der Waals surface area contributed by atoms with Gasteiger partial charge in [0.2, 0.25) is 5.91 Å². The molecule has 1 aromatic heterocycles. The Hall–Kier alpha value is -3.16. The van der Waals surface area contributed by atoms with Crippen LogP contribution in [0.4, 0.5) is 0 Å². The number of amides is 3. The summed E-state index contributed by atoms with van der Waals surface area (Å²) in [5.74, 6) is -0.779. The van der Waals surface area contributed by atoms with E-state index in [1.165, 1.54) is 6.33 Å². The van der Waals surface area contributed by atoms with Crippen molar-refractivity contribution < 1.29 is 14.4 Å². The van der Waals surface area contributed by atoms with Gasteiger partial charge in [-0.3, -0.25) is 14.4 Å². The van der Waals surface area contributed by atoms with E-state index < -0.39 is 5.54 Å². The van der Waals surface area contributed by atoms with Crippen LogP contribution in [-0.4, -0.2) is 49.8 Å². The lowest BCUT2D eigenvalue weighted by atomic mass is 9.93. The van der Waals surface area contributed by atoms with Crippen molar-refractivity contribution in [2.45, 2.75) is 83.1 Å². The molecule has 8 nitrogen and oxygen atoms in total. The lowest BCUT2D eigenvalue weighted by Gasteiger charge is -2.44. The zero-order chi connectivity index (χ0) is 23.2. The summed E-state index contributed by atoms with van der Waals surface area (Å²) in [6.07, 6.45) is 7.49. The van der Waals surface area contributed by atoms with Gasteiger partial charge in [-0.15, -0.1) is 0 Å². The van der Waals surface area contributed by atoms with Crippen LogP contribution in [0.2, 0.25) is 0 Å². The van der Waals surface area contributed by atoms with Crippen molar-refractivity contribution in [3.8, 4) is 0 Å². The molecular formula is C25H31N5O3. The lowest BCUT2D eigenvalue weighted by molar-refractivity contribution is -0.134. The van der Waals surface area contributed by atoms with Crippen LogP contribution in [0, 0.1) is 6.92 Å². The molecule has 2 fully saturated rings. The van der Waals surface area contributed by atoms with E-state index in [-0.39, 0.29) is 41.2 Å². The summed E-state index contributed by atoms with van der Waals surface area (Å²) < 4.78 is 1.68. The van der Waals surface area contributed by atoms with Gasteiger partial charge in [0.1, 0.15) is 11.2 Å². The monoisotopic (exact) mass is 449 g/mol. The molecule has 0 bridgehead atoms. The predicted octanol–water partition coefficient (Wildman–Crippen LogP) is 2.56. The van der Waals surface area contributed by atoms with E-state index in [4.69, 9.17) is 0 Å². The van der Waals surface area contributed by atoms with Crippen LogP contribution in [0.5, 0.6) is 0 Å². The van der Waals surface area contributed by atoms with Crippen molar-refractivity contribution in [3.05, 3.63) is 53.1 Å². The molecular weight excluding hydrogens is 418 g/mol. The summed E-state index contributed by atoms with van der Waals surface area (Å²) in [5.41, 5.74) is 1.50. The highest BCUT2D eigenvalue weighted by Gasteiger charge is 2.54. The number of imidazole rings is 1. The Bertz CT molecular complexity index is 1100. The van der Waals surface area contributed by atoms with Crippen LogP contribution in [0.1, 0.15) is 77.6 Å². The van der Waals surface area contributed by atoms with E-state index in [0.29, 0.717) is 13.1 Å². The fraction of sp³-hybridized carbons (Fsp3) is 0.520. The van der Waals surface area contributed by atoms with Crippen molar-refractivity contribution in [2.75, 3.05) is 0 Å². The molecule has 1 aliphatic heterocycles. The van der Waals surface area contributed by atoms with Crippen molar-refractivity contribution in [3.63, 3.8) is 0 Å². The first-order chi connectivity index (χ1) is 15.9. The molecule has 0 spiro atoms. The third kappa shape index (κ3) is 4.03. The molecule has 2 aliphatic carbocycles. The second kappa shape index (κ2) is 8.32. The van der Waals surface area contributed by atoms with Gasteiger partial charge in [-0.2, -0.15) is 0 Å². The Morgan fingerprint density at radius 1 is 1.18 bits per heavy atom. The quantitative estimate of drug-likeness (QED) is 0.708. The highest BCUT2D eigenvalue weighted by atomic mass is 16.2. The van der Waals surface area contributed by atoms with Crippen LogP contribution < -0.4 is 10.6 Å². The van der Waals surface area contributed by atoms with E-state index in [1.54, 1.807) is 9.47 Å². The third-order valence-corrected chi connectivity index (χ3v) is 7.11. The van der Waals surface area contributed by atoms with Gasteiger partial charge in [-0.1, -0.05) is 42.7 Å². The van der Waals surface area contributed by atoms with Gasteiger partial charge in [-0.05, 0) is 45.1 Å². The Labute approximate surface area is 193 Å².